The van der Waals surface area contributed by atoms with Gasteiger partial charge >= 0.3 is 5.63 Å². The fraction of sp³-hybridized carbons (Fsp3) is 0.200. The zero-order valence-corrected chi connectivity index (χ0v) is 15.8. The summed E-state index contributed by atoms with van der Waals surface area (Å²) in [6, 6.07) is 9.42. The zero-order chi connectivity index (χ0) is 19.6. The standard InChI is InChI=1S/C20H17ClO6/c1-11-6-20(23)27-18-9-19(15(21)8-14(11)18)26-10-16(22)13-5-4-12(24-2)7-17(13)25-3/h4-9H,10H2,1-3H3. The number of carbonyl (C=O) groups excluding carboxylic acids is 1. The third-order valence-electron chi connectivity index (χ3n) is 4.07. The van der Waals surface area contributed by atoms with E-state index in [9.17, 15) is 9.59 Å². The minimum absolute atomic E-state index is 0.249. The number of benzene rings is 2. The van der Waals surface area contributed by atoms with Crippen molar-refractivity contribution in [1.82, 2.24) is 0 Å². The highest BCUT2D eigenvalue weighted by Gasteiger charge is 2.16. The number of Topliss-reactive ketones (excluding diaryl/α,β-unsaturated/α-hetero) is 1. The lowest BCUT2D eigenvalue weighted by molar-refractivity contribution is 0.0918. The lowest BCUT2D eigenvalue weighted by Crippen LogP contribution is -2.13. The zero-order valence-electron chi connectivity index (χ0n) is 15.0. The van der Waals surface area contributed by atoms with E-state index in [1.165, 1.54) is 26.4 Å². The Morgan fingerprint density at radius 1 is 1.07 bits per heavy atom. The summed E-state index contributed by atoms with van der Waals surface area (Å²) in [6.07, 6.45) is 0. The number of rotatable bonds is 6. The van der Waals surface area contributed by atoms with Crippen LogP contribution in [0, 0.1) is 6.92 Å². The smallest absolute Gasteiger partial charge is 0.336 e. The van der Waals surface area contributed by atoms with Gasteiger partial charge in [-0.3, -0.25) is 4.79 Å². The van der Waals surface area contributed by atoms with Gasteiger partial charge in [0.25, 0.3) is 0 Å². The highest BCUT2D eigenvalue weighted by Crippen LogP contribution is 2.31. The van der Waals surface area contributed by atoms with Crippen molar-refractivity contribution >= 4 is 28.4 Å². The summed E-state index contributed by atoms with van der Waals surface area (Å²) < 4.78 is 21.1. The molecule has 140 valence electrons. The van der Waals surface area contributed by atoms with Crippen molar-refractivity contribution in [2.24, 2.45) is 0 Å². The summed E-state index contributed by atoms with van der Waals surface area (Å²) >= 11 is 6.25. The van der Waals surface area contributed by atoms with Gasteiger partial charge in [-0.1, -0.05) is 11.6 Å². The Balaban J connectivity index is 1.85. The van der Waals surface area contributed by atoms with Crippen molar-refractivity contribution in [2.45, 2.75) is 6.92 Å². The van der Waals surface area contributed by atoms with E-state index in [2.05, 4.69) is 0 Å². The molecule has 0 aliphatic rings. The van der Waals surface area contributed by atoms with Crippen molar-refractivity contribution in [3.8, 4) is 17.2 Å². The summed E-state index contributed by atoms with van der Waals surface area (Å²) in [5.41, 5.74) is 0.979. The first-order valence-corrected chi connectivity index (χ1v) is 8.42. The van der Waals surface area contributed by atoms with E-state index >= 15 is 0 Å². The van der Waals surface area contributed by atoms with Crippen molar-refractivity contribution in [1.29, 1.82) is 0 Å². The molecule has 0 amide bonds. The van der Waals surface area contributed by atoms with Crippen molar-refractivity contribution in [3.05, 3.63) is 63.0 Å². The van der Waals surface area contributed by atoms with Gasteiger partial charge in [-0.15, -0.1) is 0 Å². The molecule has 7 heteroatoms. The Morgan fingerprint density at radius 3 is 2.56 bits per heavy atom. The SMILES string of the molecule is COc1ccc(C(=O)COc2cc3oc(=O)cc(C)c3cc2Cl)c(OC)c1. The van der Waals surface area contributed by atoms with Gasteiger partial charge in [-0.25, -0.2) is 4.79 Å². The van der Waals surface area contributed by atoms with E-state index in [1.807, 2.05) is 0 Å². The molecule has 0 unspecified atom stereocenters. The predicted molar refractivity (Wildman–Crippen MR) is 102 cm³/mol. The number of ketones is 1. The minimum atomic E-state index is -0.465. The molecular formula is C20H17ClO6. The Kier molecular flexibility index (Phi) is 5.37. The topological polar surface area (TPSA) is 75.0 Å². The largest absolute Gasteiger partial charge is 0.497 e. The summed E-state index contributed by atoms with van der Waals surface area (Å²) in [5.74, 6) is 0.913. The molecule has 0 N–H and O–H groups in total. The molecule has 0 aliphatic carbocycles. The molecule has 1 aromatic heterocycles. The van der Waals surface area contributed by atoms with Crippen LogP contribution >= 0.6 is 11.6 Å². The number of halogens is 1. The summed E-state index contributed by atoms with van der Waals surface area (Å²) in [6.45, 7) is 1.53. The Bertz CT molecular complexity index is 1070. The molecular weight excluding hydrogens is 372 g/mol. The summed E-state index contributed by atoms with van der Waals surface area (Å²) in [7, 11) is 3.00. The fourth-order valence-corrected chi connectivity index (χ4v) is 2.90. The van der Waals surface area contributed by atoms with Gasteiger partial charge in [0, 0.05) is 23.6 Å². The number of carbonyl (C=O) groups is 1. The van der Waals surface area contributed by atoms with Crippen LogP contribution in [0.4, 0.5) is 0 Å². The van der Waals surface area contributed by atoms with Crippen LogP contribution in [0.15, 0.2) is 45.6 Å². The quantitative estimate of drug-likeness (QED) is 0.468. The van der Waals surface area contributed by atoms with Crippen LogP contribution in [0.2, 0.25) is 5.02 Å². The molecule has 0 saturated carbocycles. The highest BCUT2D eigenvalue weighted by atomic mass is 35.5. The number of hydrogen-bond donors (Lipinski definition) is 0. The molecule has 0 atom stereocenters. The second-order valence-electron chi connectivity index (χ2n) is 5.81. The Hall–Kier alpha value is -2.99. The molecule has 0 bridgehead atoms. The maximum absolute atomic E-state index is 12.5. The van der Waals surface area contributed by atoms with E-state index in [-0.39, 0.29) is 18.1 Å². The lowest BCUT2D eigenvalue weighted by Gasteiger charge is -2.12. The van der Waals surface area contributed by atoms with Crippen LogP contribution in [-0.4, -0.2) is 26.6 Å². The second kappa shape index (κ2) is 7.72. The van der Waals surface area contributed by atoms with Gasteiger partial charge in [0.1, 0.15) is 22.8 Å². The van der Waals surface area contributed by atoms with Crippen molar-refractivity contribution in [2.75, 3.05) is 20.8 Å². The van der Waals surface area contributed by atoms with Crippen LogP contribution in [0.25, 0.3) is 11.0 Å². The third kappa shape index (κ3) is 3.90. The number of ether oxygens (including phenoxy) is 3. The molecule has 0 saturated heterocycles. The van der Waals surface area contributed by atoms with Crippen molar-refractivity contribution in [3.63, 3.8) is 0 Å². The van der Waals surface area contributed by atoms with Gasteiger partial charge in [-0.2, -0.15) is 0 Å². The molecule has 0 fully saturated rings. The number of methoxy groups -OCH3 is 2. The molecule has 2 aromatic carbocycles. The maximum atomic E-state index is 12.5. The van der Waals surface area contributed by atoms with E-state index in [4.69, 9.17) is 30.2 Å². The predicted octanol–water partition coefficient (Wildman–Crippen LogP) is 4.03. The number of hydrogen-bond acceptors (Lipinski definition) is 6. The van der Waals surface area contributed by atoms with E-state index < -0.39 is 5.63 Å². The van der Waals surface area contributed by atoms with Gasteiger partial charge in [-0.05, 0) is 30.7 Å². The Morgan fingerprint density at radius 2 is 1.85 bits per heavy atom. The van der Waals surface area contributed by atoms with E-state index in [1.54, 1.807) is 31.2 Å². The maximum Gasteiger partial charge on any atom is 0.336 e. The first kappa shape index (κ1) is 18.8. The van der Waals surface area contributed by atoms with Crippen LogP contribution in [0.3, 0.4) is 0 Å². The van der Waals surface area contributed by atoms with Crippen LogP contribution in [-0.2, 0) is 0 Å². The first-order chi connectivity index (χ1) is 12.9. The molecule has 3 aromatic rings. The van der Waals surface area contributed by atoms with Gasteiger partial charge in [0.2, 0.25) is 5.78 Å². The Labute approximate surface area is 160 Å². The van der Waals surface area contributed by atoms with Gasteiger partial charge < -0.3 is 18.6 Å². The first-order valence-electron chi connectivity index (χ1n) is 8.05. The summed E-state index contributed by atoms with van der Waals surface area (Å²) in [4.78, 5) is 24.1. The molecule has 27 heavy (non-hydrogen) atoms. The highest BCUT2D eigenvalue weighted by molar-refractivity contribution is 6.32. The average molecular weight is 389 g/mol. The molecule has 6 nitrogen and oxygen atoms in total. The van der Waals surface area contributed by atoms with E-state index in [0.717, 1.165) is 5.56 Å². The third-order valence-corrected chi connectivity index (χ3v) is 4.37. The molecule has 0 spiro atoms. The number of aryl methyl sites for hydroxylation is 1. The molecule has 0 radical (unpaired) electrons. The van der Waals surface area contributed by atoms with Crippen LogP contribution in [0.1, 0.15) is 15.9 Å². The van der Waals surface area contributed by atoms with Crippen molar-refractivity contribution < 1.29 is 23.4 Å². The van der Waals surface area contributed by atoms with Crippen LogP contribution < -0.4 is 19.8 Å². The monoisotopic (exact) mass is 388 g/mol. The average Bonchev–Trinajstić information content (AvgIpc) is 2.66. The van der Waals surface area contributed by atoms with Crippen LogP contribution in [0.5, 0.6) is 17.2 Å². The van der Waals surface area contributed by atoms with E-state index in [0.29, 0.717) is 33.1 Å². The summed E-state index contributed by atoms with van der Waals surface area (Å²) in [5, 5.41) is 1.02. The molecule has 1 heterocycles. The van der Waals surface area contributed by atoms with Gasteiger partial charge in [0.15, 0.2) is 6.61 Å². The normalized spacial score (nSPS) is 10.7. The van der Waals surface area contributed by atoms with Gasteiger partial charge in [0.05, 0.1) is 24.8 Å². The minimum Gasteiger partial charge on any atom is -0.497 e. The fourth-order valence-electron chi connectivity index (χ4n) is 2.68. The molecule has 0 aliphatic heterocycles. The second-order valence-corrected chi connectivity index (χ2v) is 6.21. The molecule has 3 rings (SSSR count). The lowest BCUT2D eigenvalue weighted by atomic mass is 10.1. The number of fused-ring (bicyclic) bond motifs is 1.